The van der Waals surface area contributed by atoms with Crippen LogP contribution >= 0.6 is 0 Å². The lowest BCUT2D eigenvalue weighted by Crippen LogP contribution is -2.52. The Hall–Kier alpha value is -1.27. The predicted octanol–water partition coefficient (Wildman–Crippen LogP) is 1.26. The Kier molecular flexibility index (Phi) is 2.79. The van der Waals surface area contributed by atoms with Gasteiger partial charge in [0.1, 0.15) is 0 Å². The van der Waals surface area contributed by atoms with Crippen LogP contribution in [0.4, 0.5) is 13.2 Å². The number of likely N-dealkylation sites (tertiary alicyclic amines) is 1. The summed E-state index contributed by atoms with van der Waals surface area (Å²) in [6.07, 6.45) is -3.49. The van der Waals surface area contributed by atoms with E-state index in [1.165, 1.54) is 0 Å². The number of carbonyl (C=O) groups excluding carboxylic acids is 1. The summed E-state index contributed by atoms with van der Waals surface area (Å²) < 4.78 is 37.0. The average molecular weight is 251 g/mol. The standard InChI is InChI=1S/C10H12F3NO3/c11-10(12,13)9(17)14-4-7(8(15)16)5-1-2-6(14)3-5/h5-7H,1-4H2,(H,15,16). The number of amides is 1. The Labute approximate surface area is 95.4 Å². The van der Waals surface area contributed by atoms with Crippen molar-refractivity contribution in [2.24, 2.45) is 11.8 Å². The van der Waals surface area contributed by atoms with Crippen molar-refractivity contribution in [3.63, 3.8) is 0 Å². The van der Waals surface area contributed by atoms with E-state index in [2.05, 4.69) is 0 Å². The van der Waals surface area contributed by atoms with Crippen molar-refractivity contribution in [2.45, 2.75) is 31.5 Å². The van der Waals surface area contributed by atoms with Crippen molar-refractivity contribution in [3.8, 4) is 0 Å². The highest BCUT2D eigenvalue weighted by molar-refractivity contribution is 5.83. The van der Waals surface area contributed by atoms with E-state index in [9.17, 15) is 22.8 Å². The lowest BCUT2D eigenvalue weighted by Gasteiger charge is -2.37. The second-order valence-corrected chi connectivity index (χ2v) is 4.63. The van der Waals surface area contributed by atoms with Crippen molar-refractivity contribution in [3.05, 3.63) is 0 Å². The fourth-order valence-electron chi connectivity index (χ4n) is 2.84. The van der Waals surface area contributed by atoms with E-state index < -0.39 is 30.0 Å². The molecule has 2 fully saturated rings. The molecule has 0 radical (unpaired) electrons. The van der Waals surface area contributed by atoms with E-state index in [0.717, 1.165) is 0 Å². The van der Waals surface area contributed by atoms with Crippen molar-refractivity contribution in [1.29, 1.82) is 0 Å². The quantitative estimate of drug-likeness (QED) is 0.763. The Morgan fingerprint density at radius 2 is 1.88 bits per heavy atom. The van der Waals surface area contributed by atoms with Gasteiger partial charge in [0.15, 0.2) is 0 Å². The van der Waals surface area contributed by atoms with Gasteiger partial charge in [-0.15, -0.1) is 0 Å². The second kappa shape index (κ2) is 3.89. The summed E-state index contributed by atoms with van der Waals surface area (Å²) in [5.74, 6) is -3.97. The van der Waals surface area contributed by atoms with Gasteiger partial charge in [0.2, 0.25) is 0 Å². The van der Waals surface area contributed by atoms with Crippen molar-refractivity contribution in [2.75, 3.05) is 6.54 Å². The number of hydrogen-bond donors (Lipinski definition) is 1. The van der Waals surface area contributed by atoms with Crippen LogP contribution in [0.1, 0.15) is 19.3 Å². The van der Waals surface area contributed by atoms with Gasteiger partial charge in [-0.2, -0.15) is 13.2 Å². The molecule has 2 bridgehead atoms. The minimum Gasteiger partial charge on any atom is -0.481 e. The number of carboxylic acid groups (broad SMARTS) is 1. The minimum absolute atomic E-state index is 0.0882. The zero-order valence-corrected chi connectivity index (χ0v) is 8.91. The topological polar surface area (TPSA) is 57.6 Å². The Morgan fingerprint density at radius 1 is 1.24 bits per heavy atom. The summed E-state index contributed by atoms with van der Waals surface area (Å²) in [6.45, 7) is -0.316. The Bertz CT molecular complexity index is 355. The molecule has 17 heavy (non-hydrogen) atoms. The fourth-order valence-corrected chi connectivity index (χ4v) is 2.84. The van der Waals surface area contributed by atoms with E-state index in [1.807, 2.05) is 0 Å². The van der Waals surface area contributed by atoms with Crippen molar-refractivity contribution in [1.82, 2.24) is 4.90 Å². The molecule has 0 aromatic rings. The molecule has 0 aromatic heterocycles. The number of carboxylic acids is 1. The van der Waals surface area contributed by atoms with Crippen LogP contribution < -0.4 is 0 Å². The zero-order chi connectivity index (χ0) is 12.8. The Morgan fingerprint density at radius 3 is 2.41 bits per heavy atom. The van der Waals surface area contributed by atoms with E-state index >= 15 is 0 Å². The molecule has 96 valence electrons. The number of aliphatic carboxylic acids is 1. The summed E-state index contributed by atoms with van der Waals surface area (Å²) in [4.78, 5) is 22.8. The van der Waals surface area contributed by atoms with Crippen LogP contribution in [-0.2, 0) is 9.59 Å². The summed E-state index contributed by atoms with van der Waals surface area (Å²) >= 11 is 0. The molecule has 1 amide bonds. The maximum absolute atomic E-state index is 12.3. The molecule has 1 saturated carbocycles. The second-order valence-electron chi connectivity index (χ2n) is 4.63. The molecule has 1 aliphatic heterocycles. The number of fused-ring (bicyclic) bond motifs is 2. The lowest BCUT2D eigenvalue weighted by atomic mass is 9.87. The first-order valence-corrected chi connectivity index (χ1v) is 5.41. The third-order valence-electron chi connectivity index (χ3n) is 3.67. The smallest absolute Gasteiger partial charge is 0.471 e. The molecule has 1 heterocycles. The molecule has 4 nitrogen and oxygen atoms in total. The normalized spacial score (nSPS) is 32.6. The highest BCUT2D eigenvalue weighted by Gasteiger charge is 2.51. The van der Waals surface area contributed by atoms with Gasteiger partial charge in [-0.25, -0.2) is 0 Å². The van der Waals surface area contributed by atoms with Crippen LogP contribution in [0.2, 0.25) is 0 Å². The van der Waals surface area contributed by atoms with Crippen molar-refractivity contribution < 1.29 is 27.9 Å². The maximum Gasteiger partial charge on any atom is 0.471 e. The maximum atomic E-state index is 12.3. The first kappa shape index (κ1) is 12.2. The Balaban J connectivity index is 2.18. The monoisotopic (exact) mass is 251 g/mol. The van der Waals surface area contributed by atoms with Gasteiger partial charge >= 0.3 is 18.1 Å². The predicted molar refractivity (Wildman–Crippen MR) is 50.0 cm³/mol. The summed E-state index contributed by atoms with van der Waals surface area (Å²) in [7, 11) is 0. The van der Waals surface area contributed by atoms with Gasteiger partial charge in [0.25, 0.3) is 0 Å². The van der Waals surface area contributed by atoms with E-state index in [0.29, 0.717) is 24.2 Å². The van der Waals surface area contributed by atoms with Crippen LogP contribution in [0.25, 0.3) is 0 Å². The fraction of sp³-hybridized carbons (Fsp3) is 0.800. The molecule has 0 aromatic carbocycles. The molecule has 3 unspecified atom stereocenters. The average Bonchev–Trinajstić information content (AvgIpc) is 2.60. The largest absolute Gasteiger partial charge is 0.481 e. The number of nitrogens with zero attached hydrogens (tertiary/aromatic N) is 1. The molecule has 3 atom stereocenters. The van der Waals surface area contributed by atoms with Crippen LogP contribution in [-0.4, -0.2) is 40.6 Å². The van der Waals surface area contributed by atoms with Crippen LogP contribution in [0.15, 0.2) is 0 Å². The number of piperidine rings is 1. The molecule has 1 N–H and O–H groups in total. The molecule has 1 saturated heterocycles. The molecular formula is C10H12F3NO3. The van der Waals surface area contributed by atoms with Gasteiger partial charge in [-0.05, 0) is 25.2 Å². The number of hydrogen-bond acceptors (Lipinski definition) is 2. The highest BCUT2D eigenvalue weighted by atomic mass is 19.4. The lowest BCUT2D eigenvalue weighted by molar-refractivity contribution is -0.190. The third kappa shape index (κ3) is 2.10. The van der Waals surface area contributed by atoms with E-state index in [-0.39, 0.29) is 12.5 Å². The minimum atomic E-state index is -4.92. The van der Waals surface area contributed by atoms with Crippen LogP contribution in [0, 0.1) is 11.8 Å². The van der Waals surface area contributed by atoms with E-state index in [4.69, 9.17) is 5.11 Å². The molecule has 2 rings (SSSR count). The van der Waals surface area contributed by atoms with Crippen LogP contribution in [0.3, 0.4) is 0 Å². The van der Waals surface area contributed by atoms with Gasteiger partial charge in [0.05, 0.1) is 5.92 Å². The molecule has 2 aliphatic rings. The van der Waals surface area contributed by atoms with Gasteiger partial charge in [0, 0.05) is 12.6 Å². The van der Waals surface area contributed by atoms with Crippen LogP contribution in [0.5, 0.6) is 0 Å². The van der Waals surface area contributed by atoms with Gasteiger partial charge in [-0.1, -0.05) is 0 Å². The van der Waals surface area contributed by atoms with Gasteiger partial charge in [-0.3, -0.25) is 9.59 Å². The summed E-state index contributed by atoms with van der Waals surface area (Å²) in [5, 5.41) is 8.94. The molecular weight excluding hydrogens is 239 g/mol. The third-order valence-corrected chi connectivity index (χ3v) is 3.67. The first-order valence-electron chi connectivity index (χ1n) is 5.41. The number of halogens is 3. The number of carbonyl (C=O) groups is 2. The highest BCUT2D eigenvalue weighted by Crippen LogP contribution is 2.41. The van der Waals surface area contributed by atoms with Crippen molar-refractivity contribution >= 4 is 11.9 Å². The molecule has 7 heteroatoms. The molecule has 0 spiro atoms. The summed E-state index contributed by atoms with van der Waals surface area (Å²) in [5.41, 5.74) is 0. The SMILES string of the molecule is O=C(O)C1CN(C(=O)C(F)(F)F)C2CCC1C2. The summed E-state index contributed by atoms with van der Waals surface area (Å²) in [6, 6.07) is -0.440. The number of rotatable bonds is 1. The van der Waals surface area contributed by atoms with E-state index in [1.54, 1.807) is 0 Å². The van der Waals surface area contributed by atoms with Gasteiger partial charge < -0.3 is 10.0 Å². The first-order chi connectivity index (χ1) is 7.80. The number of alkyl halides is 3. The zero-order valence-electron chi connectivity index (χ0n) is 8.91. The molecule has 1 aliphatic carbocycles.